The zero-order valence-electron chi connectivity index (χ0n) is 7.79. The van der Waals surface area contributed by atoms with Crippen molar-refractivity contribution in [2.45, 2.75) is 6.42 Å². The minimum atomic E-state index is 0.278. The van der Waals surface area contributed by atoms with Crippen LogP contribution in [0.25, 0.3) is 0 Å². The van der Waals surface area contributed by atoms with Gasteiger partial charge in [0.2, 0.25) is 0 Å². The highest BCUT2D eigenvalue weighted by atomic mass is 79.9. The molecule has 0 aliphatic heterocycles. The molecule has 0 radical (unpaired) electrons. The summed E-state index contributed by atoms with van der Waals surface area (Å²) < 4.78 is 6.35. The number of rotatable bonds is 4. The maximum absolute atomic E-state index is 5.50. The third-order valence-electron chi connectivity index (χ3n) is 1.76. The van der Waals surface area contributed by atoms with Gasteiger partial charge in [-0.2, -0.15) is 0 Å². The van der Waals surface area contributed by atoms with Crippen molar-refractivity contribution < 1.29 is 4.74 Å². The van der Waals surface area contributed by atoms with Crippen LogP contribution in [0.15, 0.2) is 22.7 Å². The van der Waals surface area contributed by atoms with Crippen LogP contribution in [0.1, 0.15) is 5.56 Å². The smallest absolute Gasteiger partial charge is 0.148 e. The summed E-state index contributed by atoms with van der Waals surface area (Å²) in [5, 5.41) is 0. The zero-order chi connectivity index (χ0) is 10.4. The topological polar surface area (TPSA) is 35.2 Å². The number of benzene rings is 1. The van der Waals surface area contributed by atoms with Crippen molar-refractivity contribution in [3.05, 3.63) is 28.2 Å². The maximum Gasteiger partial charge on any atom is 0.148 e. The Labute approximate surface area is 92.6 Å². The van der Waals surface area contributed by atoms with Crippen LogP contribution in [-0.2, 0) is 6.42 Å². The van der Waals surface area contributed by atoms with Crippen molar-refractivity contribution >= 4 is 15.9 Å². The molecule has 1 rings (SSSR count). The minimum absolute atomic E-state index is 0.278. The van der Waals surface area contributed by atoms with Gasteiger partial charge in [-0.05, 0) is 40.5 Å². The lowest BCUT2D eigenvalue weighted by Gasteiger charge is -2.10. The molecule has 0 unspecified atom stereocenters. The molecule has 0 bridgehead atoms. The molecule has 0 amide bonds. The normalized spacial score (nSPS) is 9.50. The van der Waals surface area contributed by atoms with Crippen LogP contribution in [0.3, 0.4) is 0 Å². The molecular formula is C11H12BrNO. The fraction of sp³-hybridized carbons (Fsp3) is 0.273. The average Bonchev–Trinajstić information content (AvgIpc) is 2.18. The van der Waals surface area contributed by atoms with Crippen molar-refractivity contribution in [2.24, 2.45) is 5.73 Å². The molecule has 14 heavy (non-hydrogen) atoms. The van der Waals surface area contributed by atoms with Gasteiger partial charge in [0.15, 0.2) is 0 Å². The second-order valence-corrected chi connectivity index (χ2v) is 3.61. The third kappa shape index (κ3) is 2.76. The SMILES string of the molecule is C#CCOc1c(Br)cccc1CCN. The van der Waals surface area contributed by atoms with Crippen molar-refractivity contribution in [1.29, 1.82) is 0 Å². The molecule has 1 aromatic carbocycles. The molecule has 0 fully saturated rings. The van der Waals surface area contributed by atoms with E-state index in [9.17, 15) is 0 Å². The molecule has 0 aliphatic rings. The molecule has 0 aliphatic carbocycles. The van der Waals surface area contributed by atoms with Gasteiger partial charge in [0.25, 0.3) is 0 Å². The first-order valence-electron chi connectivity index (χ1n) is 4.33. The lowest BCUT2D eigenvalue weighted by atomic mass is 10.1. The molecule has 0 spiro atoms. The van der Waals surface area contributed by atoms with Gasteiger partial charge in [0.1, 0.15) is 12.4 Å². The van der Waals surface area contributed by atoms with Gasteiger partial charge in [-0.15, -0.1) is 6.42 Å². The van der Waals surface area contributed by atoms with E-state index in [0.29, 0.717) is 6.54 Å². The van der Waals surface area contributed by atoms with Gasteiger partial charge in [-0.25, -0.2) is 0 Å². The lowest BCUT2D eigenvalue weighted by molar-refractivity contribution is 0.364. The third-order valence-corrected chi connectivity index (χ3v) is 2.39. The molecule has 0 saturated heterocycles. The van der Waals surface area contributed by atoms with Crippen molar-refractivity contribution in [2.75, 3.05) is 13.2 Å². The first-order chi connectivity index (χ1) is 6.79. The van der Waals surface area contributed by atoms with Gasteiger partial charge in [0, 0.05) is 0 Å². The predicted molar refractivity (Wildman–Crippen MR) is 61.2 cm³/mol. The van der Waals surface area contributed by atoms with Crippen molar-refractivity contribution in [1.82, 2.24) is 0 Å². The van der Waals surface area contributed by atoms with Gasteiger partial charge < -0.3 is 10.5 Å². The number of halogens is 1. The van der Waals surface area contributed by atoms with E-state index in [1.165, 1.54) is 0 Å². The molecule has 0 heterocycles. The summed E-state index contributed by atoms with van der Waals surface area (Å²) in [7, 11) is 0. The molecule has 0 saturated carbocycles. The monoisotopic (exact) mass is 253 g/mol. The largest absolute Gasteiger partial charge is 0.479 e. The summed E-state index contributed by atoms with van der Waals surface area (Å²) in [5.41, 5.74) is 6.58. The molecule has 0 aromatic heterocycles. The van der Waals surface area contributed by atoms with E-state index in [2.05, 4.69) is 21.9 Å². The number of hydrogen-bond donors (Lipinski definition) is 1. The highest BCUT2D eigenvalue weighted by Crippen LogP contribution is 2.29. The van der Waals surface area contributed by atoms with Gasteiger partial charge in [0.05, 0.1) is 4.47 Å². The summed E-state index contributed by atoms with van der Waals surface area (Å²) in [6, 6.07) is 5.87. The molecule has 74 valence electrons. The van der Waals surface area contributed by atoms with Gasteiger partial charge >= 0.3 is 0 Å². The fourth-order valence-corrected chi connectivity index (χ4v) is 1.70. The Kier molecular flexibility index (Phi) is 4.51. The van der Waals surface area contributed by atoms with Crippen LogP contribution in [0.4, 0.5) is 0 Å². The van der Waals surface area contributed by atoms with Gasteiger partial charge in [-0.3, -0.25) is 0 Å². The fourth-order valence-electron chi connectivity index (χ4n) is 1.18. The Hall–Kier alpha value is -0.980. The van der Waals surface area contributed by atoms with Gasteiger partial charge in [-0.1, -0.05) is 18.1 Å². The second kappa shape index (κ2) is 5.69. The second-order valence-electron chi connectivity index (χ2n) is 2.76. The van der Waals surface area contributed by atoms with Crippen LogP contribution >= 0.6 is 15.9 Å². The van der Waals surface area contributed by atoms with Crippen LogP contribution < -0.4 is 10.5 Å². The highest BCUT2D eigenvalue weighted by molar-refractivity contribution is 9.10. The Morgan fingerprint density at radius 1 is 1.50 bits per heavy atom. The first kappa shape index (κ1) is 11.1. The summed E-state index contributed by atoms with van der Waals surface area (Å²) in [6.45, 7) is 0.878. The summed E-state index contributed by atoms with van der Waals surface area (Å²) in [5.74, 6) is 3.24. The highest BCUT2D eigenvalue weighted by Gasteiger charge is 2.06. The quantitative estimate of drug-likeness (QED) is 0.833. The maximum atomic E-state index is 5.50. The average molecular weight is 254 g/mol. The van der Waals surface area contributed by atoms with E-state index in [1.54, 1.807) is 0 Å². The van der Waals surface area contributed by atoms with E-state index in [0.717, 1.165) is 22.2 Å². The Morgan fingerprint density at radius 3 is 2.93 bits per heavy atom. The molecule has 1 aromatic rings. The molecule has 2 N–H and O–H groups in total. The predicted octanol–water partition coefficient (Wildman–Crippen LogP) is 1.96. The summed E-state index contributed by atoms with van der Waals surface area (Å²) in [6.07, 6.45) is 5.93. The van der Waals surface area contributed by atoms with E-state index in [-0.39, 0.29) is 6.61 Å². The minimum Gasteiger partial charge on any atom is -0.479 e. The van der Waals surface area contributed by atoms with Crippen LogP contribution in [0.2, 0.25) is 0 Å². The molecule has 2 nitrogen and oxygen atoms in total. The van der Waals surface area contributed by atoms with Crippen LogP contribution in [0, 0.1) is 12.3 Å². The number of ether oxygens (including phenoxy) is 1. The molecule has 0 atom stereocenters. The van der Waals surface area contributed by atoms with Crippen LogP contribution in [0.5, 0.6) is 5.75 Å². The summed E-state index contributed by atoms with van der Waals surface area (Å²) >= 11 is 3.41. The first-order valence-corrected chi connectivity index (χ1v) is 5.12. The Balaban J connectivity index is 2.91. The standard InChI is InChI=1S/C11H12BrNO/c1-2-8-14-11-9(6-7-13)4-3-5-10(11)12/h1,3-5H,6-8,13H2. The summed E-state index contributed by atoms with van der Waals surface area (Å²) in [4.78, 5) is 0. The number of nitrogens with two attached hydrogens (primary N) is 1. The van der Waals surface area contributed by atoms with Crippen molar-refractivity contribution in [3.63, 3.8) is 0 Å². The lowest BCUT2D eigenvalue weighted by Crippen LogP contribution is -2.05. The molecular weight excluding hydrogens is 242 g/mol. The Morgan fingerprint density at radius 2 is 2.29 bits per heavy atom. The molecule has 3 heteroatoms. The van der Waals surface area contributed by atoms with E-state index in [4.69, 9.17) is 16.9 Å². The van der Waals surface area contributed by atoms with Crippen LogP contribution in [-0.4, -0.2) is 13.2 Å². The number of terminal acetylenes is 1. The zero-order valence-corrected chi connectivity index (χ0v) is 9.38. The van der Waals surface area contributed by atoms with Crippen molar-refractivity contribution in [3.8, 4) is 18.1 Å². The van der Waals surface area contributed by atoms with E-state index < -0.39 is 0 Å². The van der Waals surface area contributed by atoms with E-state index in [1.807, 2.05) is 18.2 Å². The Bertz CT molecular complexity index is 344. The number of para-hydroxylation sites is 1. The number of hydrogen-bond acceptors (Lipinski definition) is 2. The van der Waals surface area contributed by atoms with E-state index >= 15 is 0 Å².